The fourth-order valence-electron chi connectivity index (χ4n) is 3.24. The van der Waals surface area contributed by atoms with E-state index in [-0.39, 0.29) is 17.5 Å². The molecule has 0 unspecified atom stereocenters. The van der Waals surface area contributed by atoms with Crippen LogP contribution in [-0.2, 0) is 6.18 Å². The summed E-state index contributed by atoms with van der Waals surface area (Å²) in [5, 5.41) is 3.52. The maximum absolute atomic E-state index is 12.8. The van der Waals surface area contributed by atoms with E-state index in [2.05, 4.69) is 15.1 Å². The van der Waals surface area contributed by atoms with Crippen molar-refractivity contribution >= 4 is 11.8 Å². The lowest BCUT2D eigenvalue weighted by atomic mass is 10.1. The van der Waals surface area contributed by atoms with Crippen LogP contribution in [0.25, 0.3) is 5.69 Å². The average Bonchev–Trinajstić information content (AvgIpc) is 3.30. The molecule has 0 radical (unpaired) electrons. The molecule has 4 rings (SSSR count). The maximum atomic E-state index is 12.8. The van der Waals surface area contributed by atoms with E-state index in [4.69, 9.17) is 0 Å². The van der Waals surface area contributed by atoms with Crippen molar-refractivity contribution in [1.29, 1.82) is 0 Å². The standard InChI is InChI=1S/C20H17F3N6O2/c21-20(22,23)17-5-8-29(26-17)15-3-1-14(2-4-15)18(30)27-9-11-28(12-10-27)19(31)16-13-24-6-7-25-16/h1-8,13H,9-12H2. The molecule has 1 aliphatic heterocycles. The number of alkyl halides is 3. The van der Waals surface area contributed by atoms with Crippen molar-refractivity contribution in [2.75, 3.05) is 26.2 Å². The molecule has 3 aromatic rings. The lowest BCUT2D eigenvalue weighted by molar-refractivity contribution is -0.141. The predicted octanol–water partition coefficient (Wildman–Crippen LogP) is 2.28. The van der Waals surface area contributed by atoms with Gasteiger partial charge in [-0.15, -0.1) is 0 Å². The number of rotatable bonds is 3. The largest absolute Gasteiger partial charge is 0.435 e. The van der Waals surface area contributed by atoms with Gasteiger partial charge in [-0.3, -0.25) is 14.6 Å². The molecule has 31 heavy (non-hydrogen) atoms. The molecule has 0 bridgehead atoms. The van der Waals surface area contributed by atoms with Gasteiger partial charge < -0.3 is 9.80 Å². The van der Waals surface area contributed by atoms with Crippen LogP contribution in [-0.4, -0.2) is 67.5 Å². The fraction of sp³-hybridized carbons (Fsp3) is 0.250. The summed E-state index contributed by atoms with van der Waals surface area (Å²) < 4.78 is 39.2. The van der Waals surface area contributed by atoms with Crippen LogP contribution in [0.15, 0.2) is 55.1 Å². The summed E-state index contributed by atoms with van der Waals surface area (Å²) in [5.74, 6) is -0.448. The van der Waals surface area contributed by atoms with E-state index in [0.29, 0.717) is 37.4 Å². The lowest BCUT2D eigenvalue weighted by Gasteiger charge is -2.34. The van der Waals surface area contributed by atoms with Gasteiger partial charge in [-0.25, -0.2) is 9.67 Å². The Morgan fingerprint density at radius 1 is 0.871 bits per heavy atom. The van der Waals surface area contributed by atoms with Crippen LogP contribution in [0.3, 0.4) is 0 Å². The molecule has 160 valence electrons. The molecule has 0 atom stereocenters. The number of hydrogen-bond acceptors (Lipinski definition) is 5. The predicted molar refractivity (Wildman–Crippen MR) is 102 cm³/mol. The van der Waals surface area contributed by atoms with Gasteiger partial charge in [0, 0.05) is 50.3 Å². The molecule has 8 nitrogen and oxygen atoms in total. The highest BCUT2D eigenvalue weighted by atomic mass is 19.4. The molecule has 0 N–H and O–H groups in total. The number of carbonyl (C=O) groups excluding carboxylic acids is 2. The number of nitrogens with zero attached hydrogens (tertiary/aromatic N) is 6. The molecule has 3 heterocycles. The van der Waals surface area contributed by atoms with Crippen molar-refractivity contribution in [3.63, 3.8) is 0 Å². The van der Waals surface area contributed by atoms with Crippen LogP contribution < -0.4 is 0 Å². The van der Waals surface area contributed by atoms with Gasteiger partial charge in [-0.05, 0) is 30.3 Å². The molecule has 2 aromatic heterocycles. The molecule has 11 heteroatoms. The lowest BCUT2D eigenvalue weighted by Crippen LogP contribution is -2.50. The summed E-state index contributed by atoms with van der Waals surface area (Å²) in [5.41, 5.74) is 0.0822. The van der Waals surface area contributed by atoms with Gasteiger partial charge in [0.2, 0.25) is 0 Å². The first-order valence-electron chi connectivity index (χ1n) is 9.41. The molecule has 1 aromatic carbocycles. The zero-order valence-electron chi connectivity index (χ0n) is 16.2. The Kier molecular flexibility index (Phi) is 5.40. The fourth-order valence-corrected chi connectivity index (χ4v) is 3.24. The van der Waals surface area contributed by atoms with Crippen molar-refractivity contribution in [2.24, 2.45) is 0 Å². The monoisotopic (exact) mass is 430 g/mol. The third-order valence-corrected chi connectivity index (χ3v) is 4.89. The molecule has 1 fully saturated rings. The first kappa shape index (κ1) is 20.5. The van der Waals surface area contributed by atoms with Crippen molar-refractivity contribution in [3.8, 4) is 5.69 Å². The van der Waals surface area contributed by atoms with Crippen LogP contribution in [0.5, 0.6) is 0 Å². The molecule has 0 saturated carbocycles. The number of halogens is 3. The van der Waals surface area contributed by atoms with Crippen LogP contribution >= 0.6 is 0 Å². The number of aromatic nitrogens is 4. The highest BCUT2D eigenvalue weighted by molar-refractivity contribution is 5.95. The van der Waals surface area contributed by atoms with E-state index in [0.717, 1.165) is 10.7 Å². The topological polar surface area (TPSA) is 84.2 Å². The SMILES string of the molecule is O=C(c1ccc(-n2ccc(C(F)(F)F)n2)cc1)N1CCN(C(=O)c2cnccn2)CC1. The molecule has 0 aliphatic carbocycles. The van der Waals surface area contributed by atoms with E-state index in [9.17, 15) is 22.8 Å². The summed E-state index contributed by atoms with van der Waals surface area (Å²) >= 11 is 0. The quantitative estimate of drug-likeness (QED) is 0.637. The Hall–Kier alpha value is -3.76. The van der Waals surface area contributed by atoms with Gasteiger partial charge in [0.05, 0.1) is 11.9 Å². The van der Waals surface area contributed by atoms with E-state index in [1.807, 2.05) is 0 Å². The first-order chi connectivity index (χ1) is 14.8. The second-order valence-electron chi connectivity index (χ2n) is 6.87. The van der Waals surface area contributed by atoms with Gasteiger partial charge in [0.25, 0.3) is 11.8 Å². The molecular formula is C20H17F3N6O2. The minimum absolute atomic E-state index is 0.213. The van der Waals surface area contributed by atoms with E-state index < -0.39 is 11.9 Å². The van der Waals surface area contributed by atoms with Crippen molar-refractivity contribution in [3.05, 3.63) is 72.1 Å². The van der Waals surface area contributed by atoms with E-state index >= 15 is 0 Å². The van der Waals surface area contributed by atoms with E-state index in [1.54, 1.807) is 21.9 Å². The number of piperazine rings is 1. The highest BCUT2D eigenvalue weighted by Crippen LogP contribution is 2.28. The van der Waals surface area contributed by atoms with Crippen LogP contribution in [0.2, 0.25) is 0 Å². The Balaban J connectivity index is 1.38. The summed E-state index contributed by atoms with van der Waals surface area (Å²) in [4.78, 5) is 36.3. The smallest absolute Gasteiger partial charge is 0.335 e. The average molecular weight is 430 g/mol. The van der Waals surface area contributed by atoms with Gasteiger partial charge in [0.1, 0.15) is 5.69 Å². The van der Waals surface area contributed by atoms with Crippen molar-refractivity contribution in [2.45, 2.75) is 6.18 Å². The number of carbonyl (C=O) groups is 2. The van der Waals surface area contributed by atoms with Gasteiger partial charge in [0.15, 0.2) is 5.69 Å². The Morgan fingerprint density at radius 2 is 1.52 bits per heavy atom. The van der Waals surface area contributed by atoms with Crippen LogP contribution in [0.4, 0.5) is 13.2 Å². The van der Waals surface area contributed by atoms with Crippen LogP contribution in [0.1, 0.15) is 26.5 Å². The Bertz CT molecular complexity index is 1070. The molecular weight excluding hydrogens is 413 g/mol. The number of benzene rings is 1. The van der Waals surface area contributed by atoms with Gasteiger partial charge >= 0.3 is 6.18 Å². The normalized spacial score (nSPS) is 14.5. The van der Waals surface area contributed by atoms with Gasteiger partial charge in [-0.2, -0.15) is 18.3 Å². The van der Waals surface area contributed by atoms with Crippen LogP contribution in [0, 0.1) is 0 Å². The summed E-state index contributed by atoms with van der Waals surface area (Å²) in [6, 6.07) is 7.05. The summed E-state index contributed by atoms with van der Waals surface area (Å²) in [6.07, 6.45) is 1.04. The van der Waals surface area contributed by atoms with E-state index in [1.165, 1.54) is 36.9 Å². The molecule has 0 spiro atoms. The minimum Gasteiger partial charge on any atom is -0.335 e. The van der Waals surface area contributed by atoms with Gasteiger partial charge in [-0.1, -0.05) is 0 Å². The molecule has 1 aliphatic rings. The third kappa shape index (κ3) is 4.39. The summed E-state index contributed by atoms with van der Waals surface area (Å²) in [7, 11) is 0. The second kappa shape index (κ2) is 8.17. The maximum Gasteiger partial charge on any atom is 0.435 e. The molecule has 2 amide bonds. The zero-order valence-corrected chi connectivity index (χ0v) is 16.2. The summed E-state index contributed by atoms with van der Waals surface area (Å²) in [6.45, 7) is 1.46. The Morgan fingerprint density at radius 3 is 2.06 bits per heavy atom. The first-order valence-corrected chi connectivity index (χ1v) is 9.41. The molecule has 1 saturated heterocycles. The highest BCUT2D eigenvalue weighted by Gasteiger charge is 2.33. The number of amides is 2. The Labute approximate surface area is 174 Å². The second-order valence-corrected chi connectivity index (χ2v) is 6.87. The third-order valence-electron chi connectivity index (χ3n) is 4.89. The van der Waals surface area contributed by atoms with Crippen molar-refractivity contribution < 1.29 is 22.8 Å². The number of hydrogen-bond donors (Lipinski definition) is 0. The van der Waals surface area contributed by atoms with Crippen molar-refractivity contribution in [1.82, 2.24) is 29.5 Å². The minimum atomic E-state index is -4.52. The zero-order chi connectivity index (χ0) is 22.0.